The molecule has 3 heterocycles. The van der Waals surface area contributed by atoms with Crippen LogP contribution in [0.5, 0.6) is 0 Å². The highest BCUT2D eigenvalue weighted by molar-refractivity contribution is 5.62. The van der Waals surface area contributed by atoms with E-state index in [9.17, 15) is 5.11 Å². The van der Waals surface area contributed by atoms with E-state index in [0.29, 0.717) is 5.92 Å². The molecule has 0 aliphatic carbocycles. The topological polar surface area (TPSA) is 60.8 Å². The fourth-order valence-electron chi connectivity index (χ4n) is 1.93. The Morgan fingerprint density at radius 3 is 2.00 bits per heavy atom. The summed E-state index contributed by atoms with van der Waals surface area (Å²) in [6.07, 6.45) is 2.44. The van der Waals surface area contributed by atoms with Crippen LogP contribution in [0.25, 0.3) is 0 Å². The number of aliphatic hydroxyl groups is 1. The molecule has 2 N–H and O–H groups in total. The zero-order chi connectivity index (χ0) is 9.84. The molecule has 3 aliphatic rings. The predicted octanol–water partition coefficient (Wildman–Crippen LogP) is 0.164. The van der Waals surface area contributed by atoms with Gasteiger partial charge in [-0.1, -0.05) is 0 Å². The summed E-state index contributed by atoms with van der Waals surface area (Å²) in [5, 5.41) is 16.8. The highest BCUT2D eigenvalue weighted by atomic mass is 16.4. The highest BCUT2D eigenvalue weighted by Crippen LogP contribution is 2.26. The molecule has 4 heteroatoms. The lowest BCUT2D eigenvalue weighted by atomic mass is 9.86. The van der Waals surface area contributed by atoms with Crippen molar-refractivity contribution in [2.45, 2.75) is 25.9 Å². The van der Waals surface area contributed by atoms with Crippen molar-refractivity contribution in [2.24, 2.45) is 5.92 Å². The Hall–Kier alpha value is -0.610. The van der Waals surface area contributed by atoms with Gasteiger partial charge < -0.3 is 15.1 Å². The molecular formula is C9H17NO3. The lowest BCUT2D eigenvalue weighted by Gasteiger charge is -2.42. The first kappa shape index (κ1) is 10.5. The summed E-state index contributed by atoms with van der Waals surface area (Å²) < 4.78 is 0. The predicted molar refractivity (Wildman–Crippen MR) is 48.5 cm³/mol. The van der Waals surface area contributed by atoms with Gasteiger partial charge in [0.05, 0.1) is 6.10 Å². The Morgan fingerprint density at radius 2 is 1.85 bits per heavy atom. The fraction of sp³-hybridized carbons (Fsp3) is 0.889. The molecule has 3 rings (SSSR count). The molecule has 0 radical (unpaired) electrons. The number of piperidine rings is 3. The summed E-state index contributed by atoms with van der Waals surface area (Å²) in [6.45, 7) is 4.47. The Balaban J connectivity index is 0.000000184. The smallest absolute Gasteiger partial charge is 0.300 e. The number of aliphatic hydroxyl groups excluding tert-OH is 1. The maximum atomic E-state index is 9.36. The van der Waals surface area contributed by atoms with Gasteiger partial charge in [-0.05, 0) is 31.8 Å². The first-order valence-corrected chi connectivity index (χ1v) is 4.69. The number of carboxylic acids is 1. The van der Waals surface area contributed by atoms with Crippen LogP contribution in [0.1, 0.15) is 19.8 Å². The third kappa shape index (κ3) is 3.32. The number of aliphatic carboxylic acids is 1. The van der Waals surface area contributed by atoms with Crippen molar-refractivity contribution in [1.82, 2.24) is 4.90 Å². The monoisotopic (exact) mass is 187 g/mol. The van der Waals surface area contributed by atoms with Crippen LogP contribution in [0.2, 0.25) is 0 Å². The van der Waals surface area contributed by atoms with Crippen molar-refractivity contribution in [3.63, 3.8) is 0 Å². The van der Waals surface area contributed by atoms with E-state index in [-0.39, 0.29) is 6.10 Å². The quantitative estimate of drug-likeness (QED) is 0.567. The molecule has 1 unspecified atom stereocenters. The van der Waals surface area contributed by atoms with Gasteiger partial charge in [0.25, 0.3) is 5.97 Å². The number of nitrogens with zero attached hydrogens (tertiary/aromatic N) is 1. The minimum absolute atomic E-state index is 0.00694. The number of hydrogen-bond acceptors (Lipinski definition) is 3. The number of carbonyl (C=O) groups is 1. The Labute approximate surface area is 78.2 Å². The number of rotatable bonds is 0. The van der Waals surface area contributed by atoms with Crippen LogP contribution < -0.4 is 0 Å². The zero-order valence-electron chi connectivity index (χ0n) is 7.94. The van der Waals surface area contributed by atoms with Gasteiger partial charge in [0.2, 0.25) is 0 Å². The second kappa shape index (κ2) is 4.58. The van der Waals surface area contributed by atoms with Crippen molar-refractivity contribution >= 4 is 5.97 Å². The number of carboxylic acid groups (broad SMARTS) is 1. The lowest BCUT2D eigenvalue weighted by Crippen LogP contribution is -2.50. The van der Waals surface area contributed by atoms with Crippen molar-refractivity contribution in [2.75, 3.05) is 19.6 Å². The third-order valence-electron chi connectivity index (χ3n) is 2.62. The standard InChI is InChI=1S/C7H13NO.C2H4O2/c9-7-5-8-3-1-6(7)2-4-8;1-2(3)4/h6-7,9H,1-5H2;1H3,(H,3,4). The van der Waals surface area contributed by atoms with E-state index in [1.165, 1.54) is 25.9 Å². The van der Waals surface area contributed by atoms with Crippen LogP contribution in [0, 0.1) is 5.92 Å². The van der Waals surface area contributed by atoms with Gasteiger partial charge >= 0.3 is 0 Å². The van der Waals surface area contributed by atoms with Crippen molar-refractivity contribution in [1.29, 1.82) is 0 Å². The van der Waals surface area contributed by atoms with Crippen molar-refractivity contribution < 1.29 is 15.0 Å². The van der Waals surface area contributed by atoms with E-state index >= 15 is 0 Å². The van der Waals surface area contributed by atoms with Crippen LogP contribution in [0.15, 0.2) is 0 Å². The molecule has 3 saturated heterocycles. The summed E-state index contributed by atoms with van der Waals surface area (Å²) in [5.74, 6) is -0.199. The Bertz CT molecular complexity index is 172. The molecule has 0 spiro atoms. The molecule has 0 aromatic carbocycles. The van der Waals surface area contributed by atoms with Gasteiger partial charge in [-0.3, -0.25) is 4.79 Å². The first-order chi connectivity index (χ1) is 6.09. The van der Waals surface area contributed by atoms with Gasteiger partial charge in [-0.15, -0.1) is 0 Å². The summed E-state index contributed by atoms with van der Waals surface area (Å²) >= 11 is 0. The van der Waals surface area contributed by atoms with E-state index in [1.807, 2.05) is 0 Å². The summed E-state index contributed by atoms with van der Waals surface area (Å²) in [5.41, 5.74) is 0. The van der Waals surface area contributed by atoms with E-state index in [0.717, 1.165) is 13.5 Å². The molecule has 0 saturated carbocycles. The first-order valence-electron chi connectivity index (χ1n) is 4.69. The molecule has 0 aromatic rings. The fourth-order valence-corrected chi connectivity index (χ4v) is 1.93. The zero-order valence-corrected chi connectivity index (χ0v) is 7.94. The normalized spacial score (nSPS) is 36.3. The largest absolute Gasteiger partial charge is 0.481 e. The van der Waals surface area contributed by atoms with Crippen molar-refractivity contribution in [3.8, 4) is 0 Å². The Morgan fingerprint density at radius 1 is 1.38 bits per heavy atom. The summed E-state index contributed by atoms with van der Waals surface area (Å²) in [4.78, 5) is 11.4. The van der Waals surface area contributed by atoms with Crippen LogP contribution in [0.3, 0.4) is 0 Å². The minimum atomic E-state index is -0.833. The van der Waals surface area contributed by atoms with Crippen LogP contribution in [0.4, 0.5) is 0 Å². The molecule has 3 aliphatic heterocycles. The van der Waals surface area contributed by atoms with Crippen LogP contribution >= 0.6 is 0 Å². The summed E-state index contributed by atoms with van der Waals surface area (Å²) in [6, 6.07) is 0. The van der Waals surface area contributed by atoms with E-state index in [1.54, 1.807) is 0 Å². The van der Waals surface area contributed by atoms with E-state index in [2.05, 4.69) is 4.90 Å². The van der Waals surface area contributed by atoms with Crippen LogP contribution in [-0.2, 0) is 4.79 Å². The molecule has 13 heavy (non-hydrogen) atoms. The molecule has 1 atom stereocenters. The van der Waals surface area contributed by atoms with Crippen LogP contribution in [-0.4, -0.2) is 46.8 Å². The molecular weight excluding hydrogens is 170 g/mol. The number of fused-ring (bicyclic) bond motifs is 3. The molecule has 0 aromatic heterocycles. The van der Waals surface area contributed by atoms with Gasteiger partial charge in [-0.25, -0.2) is 0 Å². The second-order valence-electron chi connectivity index (χ2n) is 3.72. The SMILES string of the molecule is CC(=O)O.OC1CN2CCC1CC2. The maximum Gasteiger partial charge on any atom is 0.300 e. The van der Waals surface area contributed by atoms with E-state index < -0.39 is 5.97 Å². The summed E-state index contributed by atoms with van der Waals surface area (Å²) in [7, 11) is 0. The highest BCUT2D eigenvalue weighted by Gasteiger charge is 2.32. The molecule has 0 amide bonds. The average Bonchev–Trinajstić information content (AvgIpc) is 2.04. The van der Waals surface area contributed by atoms with Gasteiger partial charge in [0, 0.05) is 13.5 Å². The Kier molecular flexibility index (Phi) is 3.69. The van der Waals surface area contributed by atoms with E-state index in [4.69, 9.17) is 9.90 Å². The molecule has 2 bridgehead atoms. The average molecular weight is 187 g/mol. The third-order valence-corrected chi connectivity index (χ3v) is 2.62. The molecule has 76 valence electrons. The van der Waals surface area contributed by atoms with Gasteiger partial charge in [0.1, 0.15) is 0 Å². The molecule has 4 nitrogen and oxygen atoms in total. The second-order valence-corrected chi connectivity index (χ2v) is 3.72. The lowest BCUT2D eigenvalue weighted by molar-refractivity contribution is -0.134. The molecule has 3 fully saturated rings. The maximum absolute atomic E-state index is 9.36. The number of hydrogen-bond donors (Lipinski definition) is 2. The van der Waals surface area contributed by atoms with Gasteiger partial charge in [-0.2, -0.15) is 0 Å². The van der Waals surface area contributed by atoms with Gasteiger partial charge in [0.15, 0.2) is 0 Å². The van der Waals surface area contributed by atoms with Crippen molar-refractivity contribution in [3.05, 3.63) is 0 Å². The minimum Gasteiger partial charge on any atom is -0.481 e.